The van der Waals surface area contributed by atoms with E-state index in [1.807, 2.05) is 0 Å². The van der Waals surface area contributed by atoms with Crippen molar-refractivity contribution in [3.63, 3.8) is 0 Å². The smallest absolute Gasteiger partial charge is 0.0458 e. The lowest BCUT2D eigenvalue weighted by atomic mass is 10.0. The third-order valence-electron chi connectivity index (χ3n) is 3.33. The molecular weight excluding hydrogens is 208 g/mol. The number of rotatable bonds is 6. The maximum atomic E-state index is 5.72. The fourth-order valence-electron chi connectivity index (χ4n) is 2.45. The van der Waals surface area contributed by atoms with E-state index in [0.29, 0.717) is 0 Å². The summed E-state index contributed by atoms with van der Waals surface area (Å²) in [6.45, 7) is 2.97. The van der Waals surface area contributed by atoms with Crippen molar-refractivity contribution in [2.24, 2.45) is 5.73 Å². The van der Waals surface area contributed by atoms with Crippen LogP contribution in [0.4, 0.5) is 0 Å². The van der Waals surface area contributed by atoms with Crippen LogP contribution in [-0.4, -0.2) is 11.5 Å². The molecule has 1 heterocycles. The minimum atomic E-state index is 0.725. The SMILES string of the molecule is CCCCCc1[nH]c2ccccc2c1CCN. The van der Waals surface area contributed by atoms with E-state index in [1.165, 1.54) is 41.4 Å². The van der Waals surface area contributed by atoms with Crippen molar-refractivity contribution in [3.8, 4) is 0 Å². The van der Waals surface area contributed by atoms with Gasteiger partial charge in [0.2, 0.25) is 0 Å². The summed E-state index contributed by atoms with van der Waals surface area (Å²) in [4.78, 5) is 3.55. The number of unbranched alkanes of at least 4 members (excludes halogenated alkanes) is 2. The van der Waals surface area contributed by atoms with Crippen LogP contribution in [-0.2, 0) is 12.8 Å². The molecule has 1 aromatic heterocycles. The molecule has 17 heavy (non-hydrogen) atoms. The lowest BCUT2D eigenvalue weighted by Crippen LogP contribution is -2.04. The zero-order valence-corrected chi connectivity index (χ0v) is 10.6. The van der Waals surface area contributed by atoms with Gasteiger partial charge in [0, 0.05) is 16.6 Å². The molecule has 0 radical (unpaired) electrons. The Morgan fingerprint density at radius 2 is 1.94 bits per heavy atom. The average molecular weight is 230 g/mol. The van der Waals surface area contributed by atoms with Gasteiger partial charge in [0.05, 0.1) is 0 Å². The summed E-state index contributed by atoms with van der Waals surface area (Å²) in [5, 5.41) is 1.35. The highest BCUT2D eigenvalue weighted by molar-refractivity contribution is 5.84. The summed E-state index contributed by atoms with van der Waals surface area (Å²) < 4.78 is 0. The predicted molar refractivity (Wildman–Crippen MR) is 74.3 cm³/mol. The Labute approximate surface area is 103 Å². The van der Waals surface area contributed by atoms with Gasteiger partial charge in [-0.25, -0.2) is 0 Å². The van der Waals surface area contributed by atoms with E-state index >= 15 is 0 Å². The monoisotopic (exact) mass is 230 g/mol. The third-order valence-corrected chi connectivity index (χ3v) is 3.33. The van der Waals surface area contributed by atoms with Crippen molar-refractivity contribution in [3.05, 3.63) is 35.5 Å². The normalized spacial score (nSPS) is 11.2. The molecule has 0 saturated carbocycles. The van der Waals surface area contributed by atoms with Crippen LogP contribution in [0.25, 0.3) is 10.9 Å². The zero-order chi connectivity index (χ0) is 12.1. The number of para-hydroxylation sites is 1. The van der Waals surface area contributed by atoms with Crippen molar-refractivity contribution < 1.29 is 0 Å². The van der Waals surface area contributed by atoms with Gasteiger partial charge in [0.15, 0.2) is 0 Å². The van der Waals surface area contributed by atoms with E-state index < -0.39 is 0 Å². The highest BCUT2D eigenvalue weighted by atomic mass is 14.7. The van der Waals surface area contributed by atoms with E-state index in [2.05, 4.69) is 36.2 Å². The van der Waals surface area contributed by atoms with Gasteiger partial charge in [0.1, 0.15) is 0 Å². The van der Waals surface area contributed by atoms with Crippen LogP contribution in [0.5, 0.6) is 0 Å². The van der Waals surface area contributed by atoms with Crippen LogP contribution in [0, 0.1) is 0 Å². The first-order valence-electron chi connectivity index (χ1n) is 6.65. The van der Waals surface area contributed by atoms with E-state index in [-0.39, 0.29) is 0 Å². The number of aryl methyl sites for hydroxylation is 1. The molecule has 0 bridgehead atoms. The first kappa shape index (κ1) is 12.2. The fourth-order valence-corrected chi connectivity index (χ4v) is 2.45. The van der Waals surface area contributed by atoms with Crippen LogP contribution >= 0.6 is 0 Å². The number of benzene rings is 1. The van der Waals surface area contributed by atoms with Crippen molar-refractivity contribution in [2.45, 2.75) is 39.0 Å². The molecule has 0 aliphatic rings. The Bertz CT molecular complexity index is 471. The average Bonchev–Trinajstić information content (AvgIpc) is 2.69. The van der Waals surface area contributed by atoms with E-state index in [0.717, 1.165) is 19.4 Å². The Hall–Kier alpha value is -1.28. The van der Waals surface area contributed by atoms with Crippen LogP contribution in [0.15, 0.2) is 24.3 Å². The number of H-pyrrole nitrogens is 1. The quantitative estimate of drug-likeness (QED) is 0.734. The molecule has 0 aliphatic heterocycles. The molecule has 0 saturated heterocycles. The number of hydrogen-bond acceptors (Lipinski definition) is 1. The second-order valence-electron chi connectivity index (χ2n) is 4.62. The van der Waals surface area contributed by atoms with Gasteiger partial charge < -0.3 is 10.7 Å². The van der Waals surface area contributed by atoms with E-state index in [4.69, 9.17) is 5.73 Å². The molecular formula is C15H22N2. The molecule has 1 aromatic carbocycles. The topological polar surface area (TPSA) is 41.8 Å². The number of nitrogens with one attached hydrogen (secondary N) is 1. The molecule has 0 amide bonds. The van der Waals surface area contributed by atoms with Gasteiger partial charge in [-0.1, -0.05) is 38.0 Å². The lowest BCUT2D eigenvalue weighted by molar-refractivity contribution is 0.705. The number of nitrogens with two attached hydrogens (primary N) is 1. The summed E-state index contributed by atoms with van der Waals surface area (Å²) in [5.74, 6) is 0. The predicted octanol–water partition coefficient (Wildman–Crippen LogP) is 3.40. The molecule has 2 heteroatoms. The van der Waals surface area contributed by atoms with Crippen LogP contribution in [0.1, 0.15) is 37.4 Å². The standard InChI is InChI=1S/C15H22N2/c1-2-3-4-8-15-13(10-11-16)12-7-5-6-9-14(12)17-15/h5-7,9,17H,2-4,8,10-11,16H2,1H3. The van der Waals surface area contributed by atoms with Gasteiger partial charge in [-0.2, -0.15) is 0 Å². The number of hydrogen-bond donors (Lipinski definition) is 2. The molecule has 92 valence electrons. The van der Waals surface area contributed by atoms with Gasteiger partial charge in [0.25, 0.3) is 0 Å². The molecule has 0 atom stereocenters. The highest BCUT2D eigenvalue weighted by Crippen LogP contribution is 2.24. The number of aromatic amines is 1. The summed E-state index contributed by atoms with van der Waals surface area (Å²) >= 11 is 0. The minimum Gasteiger partial charge on any atom is -0.358 e. The molecule has 0 fully saturated rings. The summed E-state index contributed by atoms with van der Waals surface area (Å²) in [6.07, 6.45) is 5.97. The second-order valence-corrected chi connectivity index (χ2v) is 4.62. The molecule has 2 rings (SSSR count). The fraction of sp³-hybridized carbons (Fsp3) is 0.467. The van der Waals surface area contributed by atoms with Crippen LogP contribution in [0.2, 0.25) is 0 Å². The largest absolute Gasteiger partial charge is 0.358 e. The van der Waals surface area contributed by atoms with E-state index in [1.54, 1.807) is 0 Å². The number of fused-ring (bicyclic) bond motifs is 1. The summed E-state index contributed by atoms with van der Waals surface area (Å²) in [7, 11) is 0. The number of aromatic nitrogens is 1. The maximum Gasteiger partial charge on any atom is 0.0458 e. The van der Waals surface area contributed by atoms with Gasteiger partial charge in [-0.3, -0.25) is 0 Å². The van der Waals surface area contributed by atoms with Gasteiger partial charge in [-0.15, -0.1) is 0 Å². The van der Waals surface area contributed by atoms with E-state index in [9.17, 15) is 0 Å². The Morgan fingerprint density at radius 1 is 1.12 bits per heavy atom. The van der Waals surface area contributed by atoms with Crippen molar-refractivity contribution in [2.75, 3.05) is 6.54 Å². The van der Waals surface area contributed by atoms with Crippen LogP contribution in [0.3, 0.4) is 0 Å². The third kappa shape index (κ3) is 2.70. The molecule has 3 N–H and O–H groups in total. The van der Waals surface area contributed by atoms with Crippen molar-refractivity contribution >= 4 is 10.9 Å². The van der Waals surface area contributed by atoms with Gasteiger partial charge in [-0.05, 0) is 37.4 Å². The Balaban J connectivity index is 2.29. The van der Waals surface area contributed by atoms with Crippen LogP contribution < -0.4 is 5.73 Å². The van der Waals surface area contributed by atoms with Crippen molar-refractivity contribution in [1.82, 2.24) is 4.98 Å². The zero-order valence-electron chi connectivity index (χ0n) is 10.6. The highest BCUT2D eigenvalue weighted by Gasteiger charge is 2.09. The Kier molecular flexibility index (Phi) is 4.21. The summed E-state index contributed by atoms with van der Waals surface area (Å²) in [6, 6.07) is 8.53. The first-order chi connectivity index (χ1) is 8.36. The van der Waals surface area contributed by atoms with Gasteiger partial charge >= 0.3 is 0 Å². The summed E-state index contributed by atoms with van der Waals surface area (Å²) in [5.41, 5.74) is 9.80. The molecule has 0 spiro atoms. The lowest BCUT2D eigenvalue weighted by Gasteiger charge is -2.03. The molecule has 2 aromatic rings. The second kappa shape index (κ2) is 5.87. The minimum absolute atomic E-state index is 0.725. The molecule has 0 unspecified atom stereocenters. The molecule has 2 nitrogen and oxygen atoms in total. The Morgan fingerprint density at radius 3 is 2.71 bits per heavy atom. The maximum absolute atomic E-state index is 5.72. The molecule has 0 aliphatic carbocycles. The first-order valence-corrected chi connectivity index (χ1v) is 6.65. The van der Waals surface area contributed by atoms with Crippen molar-refractivity contribution in [1.29, 1.82) is 0 Å².